The molecule has 19 heavy (non-hydrogen) atoms. The average molecular weight is 283 g/mol. The van der Waals surface area contributed by atoms with Gasteiger partial charge in [-0.15, -0.1) is 0 Å². The Hall–Kier alpha value is -1.47. The third-order valence-corrected chi connectivity index (χ3v) is 2.68. The summed E-state index contributed by atoms with van der Waals surface area (Å²) in [6.07, 6.45) is -6.20. The van der Waals surface area contributed by atoms with Crippen molar-refractivity contribution in [2.75, 3.05) is 6.54 Å². The van der Waals surface area contributed by atoms with Gasteiger partial charge >= 0.3 is 18.2 Å². The SMILES string of the molecule is CC(C)(C)OC(=O)N1CC(C(F)(F)F)C[C@@H]1C(=O)O. The van der Waals surface area contributed by atoms with E-state index in [1.54, 1.807) is 20.8 Å². The predicted molar refractivity (Wildman–Crippen MR) is 58.5 cm³/mol. The summed E-state index contributed by atoms with van der Waals surface area (Å²) >= 11 is 0. The van der Waals surface area contributed by atoms with Crippen molar-refractivity contribution < 1.29 is 32.6 Å². The van der Waals surface area contributed by atoms with Gasteiger partial charge in [-0.3, -0.25) is 4.90 Å². The van der Waals surface area contributed by atoms with Crippen LogP contribution in [-0.4, -0.2) is 46.4 Å². The van der Waals surface area contributed by atoms with Gasteiger partial charge in [-0.25, -0.2) is 9.59 Å². The van der Waals surface area contributed by atoms with E-state index in [1.807, 2.05) is 0 Å². The second-order valence-electron chi connectivity index (χ2n) is 5.46. The summed E-state index contributed by atoms with van der Waals surface area (Å²) in [6.45, 7) is 3.98. The molecule has 0 aromatic heterocycles. The van der Waals surface area contributed by atoms with Gasteiger partial charge in [0.15, 0.2) is 0 Å². The zero-order valence-corrected chi connectivity index (χ0v) is 10.8. The number of likely N-dealkylation sites (tertiary alicyclic amines) is 1. The number of hydrogen-bond donors (Lipinski definition) is 1. The lowest BCUT2D eigenvalue weighted by molar-refractivity contribution is -0.170. The quantitative estimate of drug-likeness (QED) is 0.801. The Balaban J connectivity index is 2.86. The number of carboxylic acid groups (broad SMARTS) is 1. The highest BCUT2D eigenvalue weighted by atomic mass is 19.4. The first-order valence-electron chi connectivity index (χ1n) is 5.71. The van der Waals surface area contributed by atoms with Gasteiger partial charge in [-0.05, 0) is 27.2 Å². The average Bonchev–Trinajstić information content (AvgIpc) is 2.57. The lowest BCUT2D eigenvalue weighted by Gasteiger charge is -2.26. The van der Waals surface area contributed by atoms with Crippen molar-refractivity contribution in [1.29, 1.82) is 0 Å². The Morgan fingerprint density at radius 3 is 2.16 bits per heavy atom. The van der Waals surface area contributed by atoms with Gasteiger partial charge in [-0.2, -0.15) is 13.2 Å². The molecule has 1 fully saturated rings. The number of aliphatic carboxylic acids is 1. The fraction of sp³-hybridized carbons (Fsp3) is 0.818. The zero-order valence-electron chi connectivity index (χ0n) is 10.8. The number of ether oxygens (including phenoxy) is 1. The Labute approximate surface area is 108 Å². The molecule has 0 aromatic rings. The lowest BCUT2D eigenvalue weighted by atomic mass is 10.1. The van der Waals surface area contributed by atoms with E-state index < -0.39 is 48.8 Å². The monoisotopic (exact) mass is 283 g/mol. The molecule has 1 heterocycles. The van der Waals surface area contributed by atoms with Crippen LogP contribution in [0.1, 0.15) is 27.2 Å². The van der Waals surface area contributed by atoms with Crippen LogP contribution < -0.4 is 0 Å². The topological polar surface area (TPSA) is 66.8 Å². The summed E-state index contributed by atoms with van der Waals surface area (Å²) in [4.78, 5) is 23.3. The van der Waals surface area contributed by atoms with E-state index in [4.69, 9.17) is 9.84 Å². The van der Waals surface area contributed by atoms with Gasteiger partial charge in [0.05, 0.1) is 5.92 Å². The third-order valence-electron chi connectivity index (χ3n) is 2.68. The first-order valence-corrected chi connectivity index (χ1v) is 5.71. The Bertz CT molecular complexity index is 375. The minimum atomic E-state index is -4.52. The van der Waals surface area contributed by atoms with Crippen LogP contribution in [0, 0.1) is 5.92 Å². The van der Waals surface area contributed by atoms with Crippen LogP contribution in [0.3, 0.4) is 0 Å². The molecule has 0 aromatic carbocycles. The van der Waals surface area contributed by atoms with Crippen LogP contribution >= 0.6 is 0 Å². The van der Waals surface area contributed by atoms with E-state index in [9.17, 15) is 22.8 Å². The van der Waals surface area contributed by atoms with Crippen LogP contribution in [-0.2, 0) is 9.53 Å². The van der Waals surface area contributed by atoms with Crippen molar-refractivity contribution in [3.05, 3.63) is 0 Å². The van der Waals surface area contributed by atoms with E-state index in [0.717, 1.165) is 0 Å². The molecule has 0 radical (unpaired) electrons. The highest BCUT2D eigenvalue weighted by Gasteiger charge is 2.51. The van der Waals surface area contributed by atoms with Crippen molar-refractivity contribution >= 4 is 12.1 Å². The smallest absolute Gasteiger partial charge is 0.411 e. The molecule has 5 nitrogen and oxygen atoms in total. The Morgan fingerprint density at radius 1 is 1.26 bits per heavy atom. The van der Waals surface area contributed by atoms with Crippen LogP contribution in [0.15, 0.2) is 0 Å². The molecule has 1 unspecified atom stereocenters. The van der Waals surface area contributed by atoms with Crippen LogP contribution in [0.2, 0.25) is 0 Å². The molecule has 0 spiro atoms. The first kappa shape index (κ1) is 15.6. The molecule has 1 saturated heterocycles. The van der Waals surface area contributed by atoms with Crippen molar-refractivity contribution in [3.8, 4) is 0 Å². The molecule has 0 saturated carbocycles. The summed E-state index contributed by atoms with van der Waals surface area (Å²) in [7, 11) is 0. The first-order chi connectivity index (χ1) is 8.42. The number of carbonyl (C=O) groups is 2. The summed E-state index contributed by atoms with van der Waals surface area (Å²) < 4.78 is 42.7. The molecule has 0 aliphatic carbocycles. The molecule has 1 aliphatic rings. The molecule has 2 atom stereocenters. The molecule has 1 amide bonds. The molecular formula is C11H16F3NO4. The highest BCUT2D eigenvalue weighted by Crippen LogP contribution is 2.37. The number of nitrogens with zero attached hydrogens (tertiary/aromatic N) is 1. The molecule has 8 heteroatoms. The minimum absolute atomic E-state index is 0.631. The lowest BCUT2D eigenvalue weighted by Crippen LogP contribution is -2.43. The number of hydrogen-bond acceptors (Lipinski definition) is 3. The maximum absolute atomic E-state index is 12.6. The van der Waals surface area contributed by atoms with Gasteiger partial charge in [0.1, 0.15) is 11.6 Å². The molecule has 1 rings (SSSR count). The second-order valence-corrected chi connectivity index (χ2v) is 5.46. The van der Waals surface area contributed by atoms with Gasteiger partial charge < -0.3 is 9.84 Å². The zero-order chi connectivity index (χ0) is 15.0. The number of halogens is 3. The maximum atomic E-state index is 12.6. The van der Waals surface area contributed by atoms with Crippen LogP contribution in [0.4, 0.5) is 18.0 Å². The summed E-state index contributed by atoms with van der Waals surface area (Å²) in [6, 6.07) is -1.50. The van der Waals surface area contributed by atoms with E-state index in [1.165, 1.54) is 0 Å². The number of alkyl halides is 3. The number of rotatable bonds is 1. The van der Waals surface area contributed by atoms with Gasteiger partial charge in [0.2, 0.25) is 0 Å². The second kappa shape index (κ2) is 4.90. The van der Waals surface area contributed by atoms with Gasteiger partial charge in [0.25, 0.3) is 0 Å². The van der Waals surface area contributed by atoms with Gasteiger partial charge in [0, 0.05) is 6.54 Å². The van der Waals surface area contributed by atoms with Crippen LogP contribution in [0.5, 0.6) is 0 Å². The summed E-state index contributed by atoms with van der Waals surface area (Å²) in [5, 5.41) is 8.90. The molecule has 1 aliphatic heterocycles. The number of amides is 1. The van der Waals surface area contributed by atoms with E-state index >= 15 is 0 Å². The van der Waals surface area contributed by atoms with Crippen molar-refractivity contribution in [2.24, 2.45) is 5.92 Å². The Morgan fingerprint density at radius 2 is 1.79 bits per heavy atom. The highest BCUT2D eigenvalue weighted by molar-refractivity contribution is 5.81. The normalized spacial score (nSPS) is 24.4. The Kier molecular flexibility index (Phi) is 4.02. The molecule has 110 valence electrons. The van der Waals surface area contributed by atoms with Crippen molar-refractivity contribution in [3.63, 3.8) is 0 Å². The predicted octanol–water partition coefficient (Wildman–Crippen LogP) is 2.26. The number of carboxylic acids is 1. The van der Waals surface area contributed by atoms with Gasteiger partial charge in [-0.1, -0.05) is 0 Å². The maximum Gasteiger partial charge on any atom is 0.411 e. The summed E-state index contributed by atoms with van der Waals surface area (Å²) in [5.41, 5.74) is -0.892. The molecular weight excluding hydrogens is 267 g/mol. The third kappa shape index (κ3) is 4.00. The fourth-order valence-electron chi connectivity index (χ4n) is 1.83. The van der Waals surface area contributed by atoms with Crippen LogP contribution in [0.25, 0.3) is 0 Å². The largest absolute Gasteiger partial charge is 0.480 e. The van der Waals surface area contributed by atoms with Crippen molar-refractivity contribution in [2.45, 2.75) is 45.0 Å². The van der Waals surface area contributed by atoms with E-state index in [-0.39, 0.29) is 0 Å². The summed E-state index contributed by atoms with van der Waals surface area (Å²) in [5.74, 6) is -3.29. The standard InChI is InChI=1S/C11H16F3NO4/c1-10(2,3)19-9(18)15-5-6(11(12,13)14)4-7(15)8(16)17/h6-7H,4-5H2,1-3H3,(H,16,17)/t6?,7-/m1/s1. The van der Waals surface area contributed by atoms with Crippen molar-refractivity contribution in [1.82, 2.24) is 4.90 Å². The van der Waals surface area contributed by atoms with E-state index in [2.05, 4.69) is 0 Å². The molecule has 1 N–H and O–H groups in total. The molecule has 0 bridgehead atoms. The van der Waals surface area contributed by atoms with E-state index in [0.29, 0.717) is 4.90 Å². The number of carbonyl (C=O) groups excluding carboxylic acids is 1. The minimum Gasteiger partial charge on any atom is -0.480 e. The fourth-order valence-corrected chi connectivity index (χ4v) is 1.83.